The van der Waals surface area contributed by atoms with Crippen molar-refractivity contribution in [3.63, 3.8) is 0 Å². The lowest BCUT2D eigenvalue weighted by Crippen LogP contribution is -2.31. The van der Waals surface area contributed by atoms with E-state index in [-0.39, 0.29) is 5.91 Å². The van der Waals surface area contributed by atoms with Crippen molar-refractivity contribution < 1.29 is 4.79 Å². The monoisotopic (exact) mass is 219 g/mol. The maximum Gasteiger partial charge on any atom is 0.228 e. The van der Waals surface area contributed by atoms with Crippen molar-refractivity contribution in [1.29, 1.82) is 0 Å². The van der Waals surface area contributed by atoms with Crippen LogP contribution in [0.4, 0.5) is 5.82 Å². The largest absolute Gasteiger partial charge is 0.325 e. The number of nitrogens with zero attached hydrogens (tertiary/aromatic N) is 2. The molecule has 1 amide bonds. The number of nitrogens with two attached hydrogens (primary N) is 1. The van der Waals surface area contributed by atoms with Gasteiger partial charge in [-0.2, -0.15) is 0 Å². The van der Waals surface area contributed by atoms with Gasteiger partial charge in [0.15, 0.2) is 0 Å². The maximum absolute atomic E-state index is 11.9. The highest BCUT2D eigenvalue weighted by Crippen LogP contribution is 2.18. The van der Waals surface area contributed by atoms with E-state index in [0.717, 1.165) is 37.3 Å². The van der Waals surface area contributed by atoms with Gasteiger partial charge in [0.25, 0.3) is 0 Å². The van der Waals surface area contributed by atoms with Crippen molar-refractivity contribution in [2.24, 2.45) is 5.73 Å². The molecule has 1 aromatic rings. The molecule has 0 unspecified atom stereocenters. The number of carbonyl (C=O) groups excluding carboxylic acids is 1. The SMILES string of the molecule is NCc1cccc(N2CCCCCC2=O)n1. The summed E-state index contributed by atoms with van der Waals surface area (Å²) < 4.78 is 0. The number of rotatable bonds is 2. The molecule has 0 aliphatic carbocycles. The summed E-state index contributed by atoms with van der Waals surface area (Å²) in [6.07, 6.45) is 3.81. The molecule has 1 aromatic heterocycles. The number of anilines is 1. The second-order valence-electron chi connectivity index (χ2n) is 4.05. The second kappa shape index (κ2) is 5.07. The highest BCUT2D eigenvalue weighted by Gasteiger charge is 2.19. The minimum atomic E-state index is 0.180. The highest BCUT2D eigenvalue weighted by molar-refractivity contribution is 5.92. The third kappa shape index (κ3) is 2.39. The number of hydrogen-bond donors (Lipinski definition) is 1. The molecule has 0 aromatic carbocycles. The van der Waals surface area contributed by atoms with Gasteiger partial charge in [-0.05, 0) is 25.0 Å². The van der Waals surface area contributed by atoms with Crippen LogP contribution in [0.2, 0.25) is 0 Å². The Kier molecular flexibility index (Phi) is 3.51. The minimum absolute atomic E-state index is 0.180. The zero-order valence-corrected chi connectivity index (χ0v) is 9.35. The van der Waals surface area contributed by atoms with Crippen molar-refractivity contribution in [1.82, 2.24) is 4.98 Å². The molecule has 0 spiro atoms. The molecule has 2 rings (SSSR count). The van der Waals surface area contributed by atoms with Crippen LogP contribution in [0.15, 0.2) is 18.2 Å². The summed E-state index contributed by atoms with van der Waals surface area (Å²) in [6, 6.07) is 5.66. The van der Waals surface area contributed by atoms with E-state index >= 15 is 0 Å². The Morgan fingerprint density at radius 2 is 2.19 bits per heavy atom. The molecule has 1 aliphatic rings. The fourth-order valence-electron chi connectivity index (χ4n) is 1.96. The average molecular weight is 219 g/mol. The topological polar surface area (TPSA) is 59.2 Å². The van der Waals surface area contributed by atoms with Gasteiger partial charge in [0, 0.05) is 19.5 Å². The number of amides is 1. The van der Waals surface area contributed by atoms with Gasteiger partial charge in [-0.25, -0.2) is 4.98 Å². The Hall–Kier alpha value is -1.42. The van der Waals surface area contributed by atoms with E-state index in [1.165, 1.54) is 0 Å². The number of hydrogen-bond acceptors (Lipinski definition) is 3. The Labute approximate surface area is 95.5 Å². The van der Waals surface area contributed by atoms with Crippen molar-refractivity contribution in [2.45, 2.75) is 32.2 Å². The Morgan fingerprint density at radius 3 is 3.00 bits per heavy atom. The molecular formula is C12H17N3O. The molecule has 16 heavy (non-hydrogen) atoms. The molecule has 86 valence electrons. The summed E-state index contributed by atoms with van der Waals surface area (Å²) >= 11 is 0. The molecule has 0 atom stereocenters. The normalized spacial score (nSPS) is 17.3. The van der Waals surface area contributed by atoms with Crippen molar-refractivity contribution in [3.8, 4) is 0 Å². The Morgan fingerprint density at radius 1 is 1.31 bits per heavy atom. The van der Waals surface area contributed by atoms with E-state index < -0.39 is 0 Å². The van der Waals surface area contributed by atoms with Gasteiger partial charge >= 0.3 is 0 Å². The molecular weight excluding hydrogens is 202 g/mol. The summed E-state index contributed by atoms with van der Waals surface area (Å²) in [5, 5.41) is 0. The van der Waals surface area contributed by atoms with Gasteiger partial charge in [0.2, 0.25) is 5.91 Å². The average Bonchev–Trinajstić information content (AvgIpc) is 2.54. The number of carbonyl (C=O) groups is 1. The van der Waals surface area contributed by atoms with Crippen LogP contribution in [0.25, 0.3) is 0 Å². The first-order valence-electron chi connectivity index (χ1n) is 5.77. The maximum atomic E-state index is 11.9. The molecule has 1 aliphatic heterocycles. The fourth-order valence-corrected chi connectivity index (χ4v) is 1.96. The third-order valence-electron chi connectivity index (χ3n) is 2.85. The lowest BCUT2D eigenvalue weighted by molar-refractivity contribution is -0.118. The summed E-state index contributed by atoms with van der Waals surface area (Å²) in [7, 11) is 0. The Balaban J connectivity index is 2.23. The molecule has 0 bridgehead atoms. The van der Waals surface area contributed by atoms with Crippen LogP contribution in [0.1, 0.15) is 31.4 Å². The second-order valence-corrected chi connectivity index (χ2v) is 4.05. The van der Waals surface area contributed by atoms with E-state index in [1.54, 1.807) is 4.90 Å². The predicted octanol–water partition coefficient (Wildman–Crippen LogP) is 1.45. The minimum Gasteiger partial charge on any atom is -0.325 e. The molecule has 1 saturated heterocycles. The predicted molar refractivity (Wildman–Crippen MR) is 62.9 cm³/mol. The van der Waals surface area contributed by atoms with Crippen LogP contribution < -0.4 is 10.6 Å². The Bertz CT molecular complexity index is 378. The first-order chi connectivity index (χ1) is 7.81. The molecule has 2 N–H and O–H groups in total. The van der Waals surface area contributed by atoms with Crippen molar-refractivity contribution in [3.05, 3.63) is 23.9 Å². The van der Waals surface area contributed by atoms with Gasteiger partial charge in [-0.15, -0.1) is 0 Å². The van der Waals surface area contributed by atoms with E-state index in [0.29, 0.717) is 13.0 Å². The van der Waals surface area contributed by atoms with Crippen LogP contribution in [0.5, 0.6) is 0 Å². The lowest BCUT2D eigenvalue weighted by atomic mass is 10.2. The van der Waals surface area contributed by atoms with E-state index in [2.05, 4.69) is 4.98 Å². The standard InChI is InChI=1S/C12H17N3O/c13-9-10-5-4-6-11(14-10)15-8-3-1-2-7-12(15)16/h4-6H,1-3,7-9,13H2. The van der Waals surface area contributed by atoms with Crippen molar-refractivity contribution >= 4 is 11.7 Å². The van der Waals surface area contributed by atoms with Crippen LogP contribution in [-0.2, 0) is 11.3 Å². The summed E-state index contributed by atoms with van der Waals surface area (Å²) in [5.74, 6) is 0.925. The number of aromatic nitrogens is 1. The third-order valence-corrected chi connectivity index (χ3v) is 2.85. The molecule has 2 heterocycles. The molecule has 0 radical (unpaired) electrons. The fraction of sp³-hybridized carbons (Fsp3) is 0.500. The van der Waals surface area contributed by atoms with E-state index in [1.807, 2.05) is 18.2 Å². The van der Waals surface area contributed by atoms with Gasteiger partial charge in [0.1, 0.15) is 5.82 Å². The van der Waals surface area contributed by atoms with Crippen LogP contribution in [0, 0.1) is 0 Å². The molecule has 0 saturated carbocycles. The highest BCUT2D eigenvalue weighted by atomic mass is 16.2. The zero-order valence-electron chi connectivity index (χ0n) is 9.35. The van der Waals surface area contributed by atoms with Crippen molar-refractivity contribution in [2.75, 3.05) is 11.4 Å². The summed E-state index contributed by atoms with van der Waals surface area (Å²) in [5.41, 5.74) is 6.38. The molecule has 1 fully saturated rings. The van der Waals surface area contributed by atoms with Gasteiger partial charge < -0.3 is 5.73 Å². The van der Waals surface area contributed by atoms with E-state index in [9.17, 15) is 4.79 Å². The van der Waals surface area contributed by atoms with Crippen LogP contribution >= 0.6 is 0 Å². The lowest BCUT2D eigenvalue weighted by Gasteiger charge is -2.19. The first kappa shape index (κ1) is 11.1. The van der Waals surface area contributed by atoms with E-state index in [4.69, 9.17) is 5.73 Å². The van der Waals surface area contributed by atoms with Gasteiger partial charge in [-0.3, -0.25) is 9.69 Å². The summed E-state index contributed by atoms with van der Waals surface area (Å²) in [4.78, 5) is 18.0. The quantitative estimate of drug-likeness (QED) is 0.819. The molecule has 4 heteroatoms. The number of pyridine rings is 1. The van der Waals surface area contributed by atoms with Crippen LogP contribution in [-0.4, -0.2) is 17.4 Å². The van der Waals surface area contributed by atoms with Gasteiger partial charge in [0.05, 0.1) is 5.69 Å². The summed E-state index contributed by atoms with van der Waals surface area (Å²) in [6.45, 7) is 1.19. The van der Waals surface area contributed by atoms with Gasteiger partial charge in [-0.1, -0.05) is 12.5 Å². The smallest absolute Gasteiger partial charge is 0.228 e. The first-order valence-corrected chi connectivity index (χ1v) is 5.77. The molecule has 4 nitrogen and oxygen atoms in total. The van der Waals surface area contributed by atoms with Crippen LogP contribution in [0.3, 0.4) is 0 Å². The zero-order chi connectivity index (χ0) is 11.4.